The number of hydrogen-bond acceptors (Lipinski definition) is 2. The molecule has 0 spiro atoms. The maximum Gasteiger partial charge on any atom is 0.133 e. The van der Waals surface area contributed by atoms with Gasteiger partial charge in [0.05, 0.1) is 0 Å². The average Bonchev–Trinajstić information content (AvgIpc) is 2.56. The fourth-order valence-corrected chi connectivity index (χ4v) is 1.89. The normalized spacial score (nSPS) is 11.9. The maximum atomic E-state index is 5.93. The molecule has 92 valence electrons. The molecule has 0 unspecified atom stereocenters. The van der Waals surface area contributed by atoms with Crippen molar-refractivity contribution in [2.45, 2.75) is 26.8 Å². The van der Waals surface area contributed by atoms with E-state index in [-0.39, 0.29) is 0 Å². The van der Waals surface area contributed by atoms with Gasteiger partial charge in [0.1, 0.15) is 5.84 Å². The van der Waals surface area contributed by atoms with E-state index in [1.54, 1.807) is 0 Å². The molecule has 0 aliphatic rings. The van der Waals surface area contributed by atoms with Crippen molar-refractivity contribution in [1.82, 2.24) is 4.57 Å². The predicted octanol–water partition coefficient (Wildman–Crippen LogP) is 2.16. The summed E-state index contributed by atoms with van der Waals surface area (Å²) in [6.45, 7) is 13.5. The Labute approximate surface area is 102 Å². The van der Waals surface area contributed by atoms with E-state index in [2.05, 4.69) is 36.6 Å². The quantitative estimate of drug-likeness (QED) is 0.617. The van der Waals surface area contributed by atoms with Crippen molar-refractivity contribution in [1.29, 1.82) is 0 Å². The van der Waals surface area contributed by atoms with Crippen molar-refractivity contribution in [2.24, 2.45) is 16.5 Å². The molecule has 0 aliphatic carbocycles. The lowest BCUT2D eigenvalue weighted by molar-refractivity contribution is 0.588. The number of aliphatic imine (C=N–C) groups is 1. The van der Waals surface area contributed by atoms with Gasteiger partial charge in [-0.15, -0.1) is 0 Å². The van der Waals surface area contributed by atoms with E-state index >= 15 is 0 Å². The molecule has 0 aliphatic heterocycles. The molecular formula is C13H20N4. The first-order valence-electron chi connectivity index (χ1n) is 5.50. The van der Waals surface area contributed by atoms with Crippen molar-refractivity contribution < 1.29 is 0 Å². The highest BCUT2D eigenvalue weighted by molar-refractivity contribution is 6.03. The molecule has 0 radical (unpaired) electrons. The van der Waals surface area contributed by atoms with Crippen LogP contribution in [0.1, 0.15) is 36.7 Å². The van der Waals surface area contributed by atoms with Crippen LogP contribution in [-0.4, -0.2) is 10.4 Å². The Morgan fingerprint density at radius 2 is 2.06 bits per heavy atom. The van der Waals surface area contributed by atoms with E-state index in [4.69, 9.17) is 11.5 Å². The summed E-state index contributed by atoms with van der Waals surface area (Å²) in [5.41, 5.74) is 14.9. The molecule has 17 heavy (non-hydrogen) atoms. The van der Waals surface area contributed by atoms with Crippen LogP contribution in [0.3, 0.4) is 0 Å². The van der Waals surface area contributed by atoms with Crippen LogP contribution < -0.4 is 11.5 Å². The van der Waals surface area contributed by atoms with Gasteiger partial charge in [0.2, 0.25) is 0 Å². The Bertz CT molecular complexity index is 478. The van der Waals surface area contributed by atoms with Crippen molar-refractivity contribution in [2.75, 3.05) is 0 Å². The second-order valence-corrected chi connectivity index (χ2v) is 4.23. The van der Waals surface area contributed by atoms with Crippen molar-refractivity contribution in [3.8, 4) is 0 Å². The van der Waals surface area contributed by atoms with Crippen LogP contribution in [0.15, 0.2) is 30.5 Å². The second kappa shape index (κ2) is 4.91. The Morgan fingerprint density at radius 3 is 2.47 bits per heavy atom. The first-order valence-corrected chi connectivity index (χ1v) is 5.50. The fourth-order valence-electron chi connectivity index (χ4n) is 1.89. The summed E-state index contributed by atoms with van der Waals surface area (Å²) in [6.07, 6.45) is 3.38. The Hall–Kier alpha value is -1.97. The summed E-state index contributed by atoms with van der Waals surface area (Å²) in [6, 6.07) is 0.332. The van der Waals surface area contributed by atoms with Gasteiger partial charge < -0.3 is 16.0 Å². The largest absolute Gasteiger partial charge is 0.399 e. The van der Waals surface area contributed by atoms with E-state index in [0.29, 0.717) is 17.6 Å². The zero-order valence-corrected chi connectivity index (χ0v) is 10.7. The Balaban J connectivity index is 3.50. The number of hydrogen-bond donors (Lipinski definition) is 2. The number of rotatable bonds is 4. The summed E-state index contributed by atoms with van der Waals surface area (Å²) in [7, 11) is 0. The summed E-state index contributed by atoms with van der Waals surface area (Å²) in [4.78, 5) is 4.02. The number of aromatic nitrogens is 1. The van der Waals surface area contributed by atoms with Gasteiger partial charge in [0.15, 0.2) is 0 Å². The molecule has 0 fully saturated rings. The Morgan fingerprint density at radius 1 is 1.47 bits per heavy atom. The van der Waals surface area contributed by atoms with Crippen LogP contribution in [-0.2, 0) is 0 Å². The minimum Gasteiger partial charge on any atom is -0.399 e. The van der Waals surface area contributed by atoms with Gasteiger partial charge in [-0.05, 0) is 20.8 Å². The lowest BCUT2D eigenvalue weighted by atomic mass is 10.1. The van der Waals surface area contributed by atoms with E-state index < -0.39 is 0 Å². The van der Waals surface area contributed by atoms with Crippen LogP contribution in [0.4, 0.5) is 0 Å². The van der Waals surface area contributed by atoms with Gasteiger partial charge in [0, 0.05) is 41.0 Å². The summed E-state index contributed by atoms with van der Waals surface area (Å²) in [5, 5.41) is 0. The standard InChI is InChI=1S/C13H20N4/c1-6-16-13(15)12-10(5)17(8(2)3)7-11(12)9(4)14/h6-8H,1,4,14H2,2-3,5H3,(H2,15,16). The number of amidine groups is 1. The third-order valence-corrected chi connectivity index (χ3v) is 2.68. The highest BCUT2D eigenvalue weighted by Gasteiger charge is 2.17. The predicted molar refractivity (Wildman–Crippen MR) is 73.7 cm³/mol. The third kappa shape index (κ3) is 2.41. The van der Waals surface area contributed by atoms with Gasteiger partial charge in [0.25, 0.3) is 0 Å². The lowest BCUT2D eigenvalue weighted by Crippen LogP contribution is -2.16. The zero-order chi connectivity index (χ0) is 13.2. The molecule has 0 aromatic carbocycles. The molecule has 1 rings (SSSR count). The van der Waals surface area contributed by atoms with Crippen LogP contribution in [0.2, 0.25) is 0 Å². The molecule has 1 aromatic rings. The van der Waals surface area contributed by atoms with E-state index in [0.717, 1.165) is 16.8 Å². The monoisotopic (exact) mass is 232 g/mol. The molecule has 0 saturated carbocycles. The Kier molecular flexibility index (Phi) is 3.78. The van der Waals surface area contributed by atoms with E-state index in [1.807, 2.05) is 13.1 Å². The van der Waals surface area contributed by atoms with Crippen LogP contribution >= 0.6 is 0 Å². The van der Waals surface area contributed by atoms with Gasteiger partial charge in [-0.3, -0.25) is 0 Å². The molecule has 4 nitrogen and oxygen atoms in total. The summed E-state index contributed by atoms with van der Waals surface area (Å²) < 4.78 is 2.11. The average molecular weight is 232 g/mol. The van der Waals surface area contributed by atoms with E-state index in [1.165, 1.54) is 6.20 Å². The van der Waals surface area contributed by atoms with Crippen molar-refractivity contribution >= 4 is 11.5 Å². The molecule has 4 heteroatoms. The SMILES string of the molecule is C=CN=C(N)c1c(C(=C)N)cn(C(C)C)c1C. The first kappa shape index (κ1) is 13.1. The molecule has 0 amide bonds. The number of nitrogens with zero attached hydrogens (tertiary/aromatic N) is 2. The number of nitrogens with two attached hydrogens (primary N) is 2. The maximum absolute atomic E-state index is 5.93. The summed E-state index contributed by atoms with van der Waals surface area (Å²) >= 11 is 0. The topological polar surface area (TPSA) is 69.3 Å². The smallest absolute Gasteiger partial charge is 0.133 e. The molecular weight excluding hydrogens is 212 g/mol. The summed E-state index contributed by atoms with van der Waals surface area (Å²) in [5.74, 6) is 0.415. The second-order valence-electron chi connectivity index (χ2n) is 4.23. The van der Waals surface area contributed by atoms with Gasteiger partial charge in [-0.1, -0.05) is 13.2 Å². The minimum atomic E-state index is 0.332. The highest BCUT2D eigenvalue weighted by Crippen LogP contribution is 2.24. The van der Waals surface area contributed by atoms with Crippen LogP contribution in [0, 0.1) is 6.92 Å². The van der Waals surface area contributed by atoms with Crippen LogP contribution in [0.5, 0.6) is 0 Å². The van der Waals surface area contributed by atoms with Gasteiger partial charge in [-0.2, -0.15) is 0 Å². The first-order chi connectivity index (χ1) is 7.90. The fraction of sp³-hybridized carbons (Fsp3) is 0.308. The molecule has 0 atom stereocenters. The third-order valence-electron chi connectivity index (χ3n) is 2.68. The van der Waals surface area contributed by atoms with Crippen LogP contribution in [0.25, 0.3) is 5.70 Å². The lowest BCUT2D eigenvalue weighted by Gasteiger charge is -2.10. The van der Waals surface area contributed by atoms with Crippen molar-refractivity contribution in [3.63, 3.8) is 0 Å². The highest BCUT2D eigenvalue weighted by atomic mass is 15.0. The molecule has 1 aromatic heterocycles. The molecule has 0 saturated heterocycles. The molecule has 0 bridgehead atoms. The zero-order valence-electron chi connectivity index (χ0n) is 10.7. The molecule has 1 heterocycles. The van der Waals surface area contributed by atoms with Crippen molar-refractivity contribution in [3.05, 3.63) is 42.4 Å². The minimum absolute atomic E-state index is 0.332. The van der Waals surface area contributed by atoms with E-state index in [9.17, 15) is 0 Å². The van der Waals surface area contributed by atoms with Gasteiger partial charge in [-0.25, -0.2) is 4.99 Å². The molecule has 4 N–H and O–H groups in total. The van der Waals surface area contributed by atoms with Gasteiger partial charge >= 0.3 is 0 Å².